The highest BCUT2D eigenvalue weighted by atomic mass is 16.5. The molecule has 6 aromatic heterocycles. The molecule has 0 aromatic carbocycles. The monoisotopic (exact) mass is 691 g/mol. The molecule has 0 aliphatic carbocycles. The molecular weight excluding hydrogens is 658 g/mol. The second kappa shape index (κ2) is 14.8. The Bertz CT molecular complexity index is 2090. The van der Waals surface area contributed by atoms with Crippen molar-refractivity contribution in [2.45, 2.75) is 26.2 Å². The highest BCUT2D eigenvalue weighted by Gasteiger charge is 2.22. The second-order valence-corrected chi connectivity index (χ2v) is 11.1. The molecule has 0 fully saturated rings. The van der Waals surface area contributed by atoms with Crippen molar-refractivity contribution < 1.29 is 19.4 Å². The molecule has 0 unspecified atom stereocenters. The van der Waals surface area contributed by atoms with Gasteiger partial charge in [0.1, 0.15) is 17.9 Å². The van der Waals surface area contributed by atoms with Crippen molar-refractivity contribution >= 4 is 40.6 Å². The van der Waals surface area contributed by atoms with Gasteiger partial charge in [-0.25, -0.2) is 28.8 Å². The van der Waals surface area contributed by atoms with Crippen molar-refractivity contribution in [3.63, 3.8) is 0 Å². The molecule has 0 aliphatic rings. The summed E-state index contributed by atoms with van der Waals surface area (Å²) < 4.78 is 10.8. The van der Waals surface area contributed by atoms with Crippen LogP contribution in [0.5, 0.6) is 0 Å². The molecule has 0 atom stereocenters. The van der Waals surface area contributed by atoms with Gasteiger partial charge >= 0.3 is 5.97 Å². The fourth-order valence-corrected chi connectivity index (χ4v) is 5.21. The van der Waals surface area contributed by atoms with Crippen LogP contribution in [0.15, 0.2) is 81.6 Å². The number of rotatable bonds is 13. The maximum absolute atomic E-state index is 12.3. The van der Waals surface area contributed by atoms with Crippen LogP contribution in [0.25, 0.3) is 11.6 Å². The van der Waals surface area contributed by atoms with Gasteiger partial charge in [0.25, 0.3) is 0 Å². The number of aliphatic hydroxyl groups is 1. The van der Waals surface area contributed by atoms with E-state index in [0.29, 0.717) is 53.7 Å². The summed E-state index contributed by atoms with van der Waals surface area (Å²) in [6.45, 7) is 1.15. The molecule has 6 rings (SSSR count). The third kappa shape index (κ3) is 6.90. The second-order valence-electron chi connectivity index (χ2n) is 11.1. The first-order valence-corrected chi connectivity index (χ1v) is 15.6. The molecule has 0 aliphatic heterocycles. The zero-order valence-electron chi connectivity index (χ0n) is 28.1. The Labute approximate surface area is 290 Å². The summed E-state index contributed by atoms with van der Waals surface area (Å²) in [4.78, 5) is 33.4. The van der Waals surface area contributed by atoms with Crippen LogP contribution >= 0.6 is 0 Å². The van der Waals surface area contributed by atoms with E-state index >= 15 is 0 Å². The zero-order chi connectivity index (χ0) is 36.1. The quantitative estimate of drug-likeness (QED) is 0.0990. The highest BCUT2D eigenvalue weighted by molar-refractivity contribution is 6.00. The van der Waals surface area contributed by atoms with E-state index in [2.05, 4.69) is 40.6 Å². The predicted molar refractivity (Wildman–Crippen MR) is 181 cm³/mol. The lowest BCUT2D eigenvalue weighted by atomic mass is 10.1. The lowest BCUT2D eigenvalue weighted by Gasteiger charge is -2.02. The average Bonchev–Trinajstić information content (AvgIpc) is 3.89. The summed E-state index contributed by atoms with van der Waals surface area (Å²) in [7, 11) is 4.54. The molecule has 6 heterocycles. The standard InChI is InChI=1S/C32H33N15O4/c1-19-27(38-41-31-21(32(50)51-4)17-37-45(31)3)22(42-46(19)25-12-5-7-14-34-25)10-9-11-23-28(29(33)47(43-23)26-13-6-8-15-35-26)39-40-30-20(24(49)18-48)16-36-44(30)2/h5-8,12-17,48H,9-11,18,33H2,1-4H3. The van der Waals surface area contributed by atoms with E-state index < -0.39 is 18.4 Å². The first-order valence-electron chi connectivity index (χ1n) is 15.6. The molecule has 6 aromatic rings. The summed E-state index contributed by atoms with van der Waals surface area (Å²) in [6, 6.07) is 10.8. The largest absolute Gasteiger partial charge is 0.465 e. The topological polar surface area (TPSA) is 236 Å². The van der Waals surface area contributed by atoms with Crippen LogP contribution in [-0.4, -0.2) is 79.7 Å². The number of aryl methyl sites for hydroxylation is 4. The Morgan fingerprint density at radius 3 is 1.94 bits per heavy atom. The van der Waals surface area contributed by atoms with E-state index in [1.807, 2.05) is 31.2 Å². The van der Waals surface area contributed by atoms with Crippen molar-refractivity contribution in [3.8, 4) is 11.6 Å². The molecule has 51 heavy (non-hydrogen) atoms. The van der Waals surface area contributed by atoms with Crippen LogP contribution in [0.4, 0.5) is 28.8 Å². The fourth-order valence-electron chi connectivity index (χ4n) is 5.21. The van der Waals surface area contributed by atoms with Gasteiger partial charge in [-0.05, 0) is 50.5 Å². The van der Waals surface area contributed by atoms with E-state index in [1.165, 1.54) is 33.5 Å². The first-order chi connectivity index (χ1) is 24.7. The smallest absolute Gasteiger partial charge is 0.343 e. The Kier molecular flexibility index (Phi) is 9.89. The number of hydrogen-bond donors (Lipinski definition) is 2. The molecule has 19 nitrogen and oxygen atoms in total. The number of methoxy groups -OCH3 is 1. The van der Waals surface area contributed by atoms with Crippen LogP contribution in [0, 0.1) is 6.92 Å². The number of nitrogen functional groups attached to an aromatic ring is 1. The number of esters is 1. The van der Waals surface area contributed by atoms with Crippen LogP contribution in [-0.2, 0) is 31.7 Å². The van der Waals surface area contributed by atoms with Gasteiger partial charge in [0.2, 0.25) is 0 Å². The minimum Gasteiger partial charge on any atom is -0.465 e. The van der Waals surface area contributed by atoms with E-state index in [1.54, 1.807) is 43.3 Å². The van der Waals surface area contributed by atoms with E-state index in [-0.39, 0.29) is 34.3 Å². The molecule has 0 spiro atoms. The van der Waals surface area contributed by atoms with Crippen LogP contribution in [0.3, 0.4) is 0 Å². The van der Waals surface area contributed by atoms with Crippen LogP contribution < -0.4 is 5.73 Å². The van der Waals surface area contributed by atoms with Gasteiger partial charge in [-0.15, -0.1) is 20.5 Å². The first kappa shape index (κ1) is 34.1. The number of azo groups is 2. The minimum absolute atomic E-state index is 0.117. The van der Waals surface area contributed by atoms with Crippen molar-refractivity contribution in [1.29, 1.82) is 0 Å². The third-order valence-electron chi connectivity index (χ3n) is 7.83. The molecule has 0 saturated heterocycles. The molecule has 19 heteroatoms. The predicted octanol–water partition coefficient (Wildman–Crippen LogP) is 4.17. The lowest BCUT2D eigenvalue weighted by Crippen LogP contribution is -2.04. The van der Waals surface area contributed by atoms with Gasteiger partial charge in [-0.3, -0.25) is 4.79 Å². The third-order valence-corrected chi connectivity index (χ3v) is 7.83. The SMILES string of the molecule is COC(=O)c1cnn(C)c1N=Nc1c(CCCc2nn(-c3ccccn3)c(N)c2N=Nc2c(C(=O)CO)cnn2C)nn(-c2ccccn2)c1C. The summed E-state index contributed by atoms with van der Waals surface area (Å²) in [5.74, 6) is 0.491. The van der Waals surface area contributed by atoms with Gasteiger partial charge < -0.3 is 15.6 Å². The van der Waals surface area contributed by atoms with Crippen molar-refractivity contribution in [3.05, 3.63) is 89.4 Å². The number of carbonyl (C=O) groups is 2. The normalized spacial score (nSPS) is 11.6. The molecule has 0 amide bonds. The minimum atomic E-state index is -0.704. The molecule has 260 valence electrons. The zero-order valence-corrected chi connectivity index (χ0v) is 28.1. The summed E-state index contributed by atoms with van der Waals surface area (Å²) in [6.07, 6.45) is 7.30. The maximum Gasteiger partial charge on any atom is 0.343 e. The number of ketones is 1. The Hall–Kier alpha value is -6.76. The number of hydrogen-bond acceptors (Lipinski definition) is 15. The number of Topliss-reactive ketones (excluding diaryl/α,β-unsaturated/α-hetero) is 1. The lowest BCUT2D eigenvalue weighted by molar-refractivity contribution is 0.0601. The summed E-state index contributed by atoms with van der Waals surface area (Å²) in [5, 5.41) is 44.8. The maximum atomic E-state index is 12.3. The Balaban J connectivity index is 1.34. The van der Waals surface area contributed by atoms with E-state index in [4.69, 9.17) is 20.7 Å². The molecular formula is C32H33N15O4. The Morgan fingerprint density at radius 2 is 1.35 bits per heavy atom. The van der Waals surface area contributed by atoms with Crippen LogP contribution in [0.1, 0.15) is 44.2 Å². The van der Waals surface area contributed by atoms with Gasteiger partial charge in [0.15, 0.2) is 40.6 Å². The molecule has 3 N–H and O–H groups in total. The van der Waals surface area contributed by atoms with Crippen LogP contribution in [0.2, 0.25) is 0 Å². The number of pyridine rings is 2. The summed E-state index contributed by atoms with van der Waals surface area (Å²) in [5.41, 5.74) is 9.43. The van der Waals surface area contributed by atoms with Gasteiger partial charge in [-0.1, -0.05) is 12.1 Å². The number of anilines is 1. The molecule has 0 radical (unpaired) electrons. The highest BCUT2D eigenvalue weighted by Crippen LogP contribution is 2.34. The number of aromatic nitrogens is 10. The Morgan fingerprint density at radius 1 is 0.804 bits per heavy atom. The number of carbonyl (C=O) groups excluding carboxylic acids is 2. The van der Waals surface area contributed by atoms with Gasteiger partial charge in [-0.2, -0.15) is 25.1 Å². The molecule has 0 bridgehead atoms. The number of nitrogens with two attached hydrogens (primary N) is 1. The molecule has 0 saturated carbocycles. The van der Waals surface area contributed by atoms with E-state index in [0.717, 1.165) is 0 Å². The number of ether oxygens (including phenoxy) is 1. The van der Waals surface area contributed by atoms with Gasteiger partial charge in [0, 0.05) is 26.5 Å². The average molecular weight is 692 g/mol. The van der Waals surface area contributed by atoms with Gasteiger partial charge in [0.05, 0.1) is 42.1 Å². The number of nitrogens with zero attached hydrogens (tertiary/aromatic N) is 14. The van der Waals surface area contributed by atoms with E-state index in [9.17, 15) is 14.7 Å². The summed E-state index contributed by atoms with van der Waals surface area (Å²) >= 11 is 0. The number of aliphatic hydroxyl groups excluding tert-OH is 1. The van der Waals surface area contributed by atoms with Crippen molar-refractivity contribution in [1.82, 2.24) is 49.1 Å². The van der Waals surface area contributed by atoms with Crippen molar-refractivity contribution in [2.75, 3.05) is 19.5 Å². The fraction of sp³-hybridized carbons (Fsp3) is 0.250. The van der Waals surface area contributed by atoms with Crippen molar-refractivity contribution in [2.24, 2.45) is 34.6 Å².